The second-order valence-corrected chi connectivity index (χ2v) is 4.52. The van der Waals surface area contributed by atoms with Crippen LogP contribution in [0.4, 0.5) is 0 Å². The number of nitriles is 1. The first-order valence-corrected chi connectivity index (χ1v) is 6.09. The summed E-state index contributed by atoms with van der Waals surface area (Å²) in [4.78, 5) is 11.4. The minimum absolute atomic E-state index is 0.000541. The summed E-state index contributed by atoms with van der Waals surface area (Å²) in [6.07, 6.45) is 0. The van der Waals surface area contributed by atoms with E-state index < -0.39 is 0 Å². The summed E-state index contributed by atoms with van der Waals surface area (Å²) in [7, 11) is 0. The fraction of sp³-hybridized carbons (Fsp3) is 0.200. The summed E-state index contributed by atoms with van der Waals surface area (Å²) in [6, 6.07) is 5.53. The van der Waals surface area contributed by atoms with E-state index in [1.165, 1.54) is 0 Å². The van der Waals surface area contributed by atoms with E-state index in [9.17, 15) is 4.79 Å². The van der Waals surface area contributed by atoms with Crippen LogP contribution in [0.5, 0.6) is 0 Å². The molecule has 1 aromatic carbocycles. The maximum Gasteiger partial charge on any atom is 0.173 e. The van der Waals surface area contributed by atoms with E-state index >= 15 is 0 Å². The van der Waals surface area contributed by atoms with Crippen LogP contribution in [0.2, 0.25) is 0 Å². The number of benzene rings is 1. The third kappa shape index (κ3) is 2.34. The molecule has 14 heavy (non-hydrogen) atoms. The van der Waals surface area contributed by atoms with Gasteiger partial charge in [-0.15, -0.1) is 0 Å². The zero-order valence-corrected chi connectivity index (χ0v) is 11.2. The Balaban J connectivity index is 3.32. The molecule has 4 heteroatoms. The van der Waals surface area contributed by atoms with E-state index in [0.717, 1.165) is 9.13 Å². The summed E-state index contributed by atoms with van der Waals surface area (Å²) in [5.41, 5.74) is 2.09. The van der Waals surface area contributed by atoms with Gasteiger partial charge in [0.2, 0.25) is 0 Å². The SMILES string of the molecule is Cc1c(I)cc(C(=O)CBr)cc1C#N. The highest BCUT2D eigenvalue weighted by atomic mass is 127. The van der Waals surface area contributed by atoms with Crippen LogP contribution >= 0.6 is 38.5 Å². The van der Waals surface area contributed by atoms with Gasteiger partial charge in [0.05, 0.1) is 17.0 Å². The van der Waals surface area contributed by atoms with Gasteiger partial charge in [0.25, 0.3) is 0 Å². The molecule has 1 aromatic rings. The lowest BCUT2D eigenvalue weighted by Crippen LogP contribution is -2.02. The standard InChI is InChI=1S/C10H7BrINO/c1-6-8(5-13)2-7(3-9(6)12)10(14)4-11/h2-3H,4H2,1H3. The Hall–Kier alpha value is -0.410. The van der Waals surface area contributed by atoms with Gasteiger partial charge in [0.15, 0.2) is 5.78 Å². The fourth-order valence-electron chi connectivity index (χ4n) is 1.03. The highest BCUT2D eigenvalue weighted by Gasteiger charge is 2.09. The summed E-state index contributed by atoms with van der Waals surface area (Å²) in [5.74, 6) is -0.000541. The molecular weight excluding hydrogens is 357 g/mol. The molecule has 0 spiro atoms. The number of alkyl halides is 1. The Bertz CT molecular complexity index is 423. The van der Waals surface area contributed by atoms with E-state index in [1.807, 2.05) is 6.92 Å². The number of hydrogen-bond acceptors (Lipinski definition) is 2. The second-order valence-electron chi connectivity index (χ2n) is 2.80. The zero-order valence-electron chi connectivity index (χ0n) is 7.47. The van der Waals surface area contributed by atoms with Gasteiger partial charge in [-0.25, -0.2) is 0 Å². The number of halogens is 2. The topological polar surface area (TPSA) is 40.9 Å². The van der Waals surface area contributed by atoms with Crippen LogP contribution in [0, 0.1) is 21.8 Å². The Labute approximate surface area is 105 Å². The number of Topliss-reactive ketones (excluding diaryl/α,β-unsaturated/α-hetero) is 1. The summed E-state index contributed by atoms with van der Waals surface area (Å²) >= 11 is 5.24. The Morgan fingerprint density at radius 2 is 2.29 bits per heavy atom. The molecule has 0 radical (unpaired) electrons. The smallest absolute Gasteiger partial charge is 0.173 e. The molecule has 0 N–H and O–H groups in total. The highest BCUT2D eigenvalue weighted by Crippen LogP contribution is 2.19. The molecule has 0 unspecified atom stereocenters. The van der Waals surface area contributed by atoms with Crippen LogP contribution < -0.4 is 0 Å². The number of rotatable bonds is 2. The number of hydrogen-bond donors (Lipinski definition) is 0. The monoisotopic (exact) mass is 363 g/mol. The number of nitrogens with zero attached hydrogens (tertiary/aromatic N) is 1. The number of carbonyl (C=O) groups is 1. The molecule has 72 valence electrons. The van der Waals surface area contributed by atoms with Crippen molar-refractivity contribution in [3.05, 3.63) is 32.4 Å². The first-order valence-electron chi connectivity index (χ1n) is 3.89. The lowest BCUT2D eigenvalue weighted by Gasteiger charge is -2.04. The van der Waals surface area contributed by atoms with E-state index in [4.69, 9.17) is 5.26 Å². The summed E-state index contributed by atoms with van der Waals surface area (Å²) in [5, 5.41) is 9.13. The van der Waals surface area contributed by atoms with Crippen molar-refractivity contribution >= 4 is 44.3 Å². The van der Waals surface area contributed by atoms with E-state index in [0.29, 0.717) is 11.1 Å². The Kier molecular flexibility index (Phi) is 4.08. The molecule has 0 aromatic heterocycles. The van der Waals surface area contributed by atoms with Crippen LogP contribution in [0.1, 0.15) is 21.5 Å². The van der Waals surface area contributed by atoms with Gasteiger partial charge < -0.3 is 0 Å². The minimum Gasteiger partial charge on any atom is -0.293 e. The van der Waals surface area contributed by atoms with Crippen molar-refractivity contribution in [3.63, 3.8) is 0 Å². The molecule has 0 amide bonds. The molecule has 2 nitrogen and oxygen atoms in total. The first kappa shape index (κ1) is 11.7. The fourth-order valence-corrected chi connectivity index (χ4v) is 1.98. The lowest BCUT2D eigenvalue weighted by molar-refractivity contribution is 0.102. The average molecular weight is 364 g/mol. The van der Waals surface area contributed by atoms with Gasteiger partial charge in [-0.1, -0.05) is 15.9 Å². The van der Waals surface area contributed by atoms with Gasteiger partial charge in [-0.3, -0.25) is 4.79 Å². The average Bonchev–Trinajstić information content (AvgIpc) is 2.20. The Morgan fingerprint density at radius 3 is 2.79 bits per heavy atom. The third-order valence-corrected chi connectivity index (χ3v) is 3.54. The van der Waals surface area contributed by atoms with Gasteiger partial charge in [0, 0.05) is 9.13 Å². The molecule has 0 heterocycles. The van der Waals surface area contributed by atoms with E-state index in [1.54, 1.807) is 12.1 Å². The summed E-state index contributed by atoms with van der Waals surface area (Å²) < 4.78 is 0.950. The molecule has 0 aliphatic heterocycles. The molecule has 0 saturated heterocycles. The largest absolute Gasteiger partial charge is 0.293 e. The van der Waals surface area contributed by atoms with Crippen LogP contribution in [0.25, 0.3) is 0 Å². The molecule has 0 saturated carbocycles. The van der Waals surface area contributed by atoms with Crippen molar-refractivity contribution < 1.29 is 4.79 Å². The first-order chi connectivity index (χ1) is 6.60. The van der Waals surface area contributed by atoms with Crippen molar-refractivity contribution in [1.82, 2.24) is 0 Å². The maximum atomic E-state index is 11.4. The van der Waals surface area contributed by atoms with Gasteiger partial charge >= 0.3 is 0 Å². The van der Waals surface area contributed by atoms with Crippen LogP contribution in [-0.4, -0.2) is 11.1 Å². The van der Waals surface area contributed by atoms with Crippen molar-refractivity contribution in [2.45, 2.75) is 6.92 Å². The van der Waals surface area contributed by atoms with E-state index in [-0.39, 0.29) is 11.1 Å². The minimum atomic E-state index is -0.000541. The third-order valence-electron chi connectivity index (χ3n) is 1.91. The van der Waals surface area contributed by atoms with Crippen LogP contribution in [0.3, 0.4) is 0 Å². The van der Waals surface area contributed by atoms with Crippen molar-refractivity contribution in [3.8, 4) is 6.07 Å². The quantitative estimate of drug-likeness (QED) is 0.460. The predicted octanol–water partition coefficient (Wildman–Crippen LogP) is 3.05. The highest BCUT2D eigenvalue weighted by molar-refractivity contribution is 14.1. The van der Waals surface area contributed by atoms with Gasteiger partial charge in [0.1, 0.15) is 0 Å². The van der Waals surface area contributed by atoms with Crippen molar-refractivity contribution in [1.29, 1.82) is 5.26 Å². The van der Waals surface area contributed by atoms with Gasteiger partial charge in [-0.2, -0.15) is 5.26 Å². The molecule has 1 rings (SSSR count). The molecule has 0 fully saturated rings. The summed E-state index contributed by atoms with van der Waals surface area (Å²) in [6.45, 7) is 1.88. The second kappa shape index (κ2) is 4.89. The molecular formula is C10H7BrINO. The lowest BCUT2D eigenvalue weighted by atomic mass is 10.0. The van der Waals surface area contributed by atoms with Crippen LogP contribution in [-0.2, 0) is 0 Å². The van der Waals surface area contributed by atoms with E-state index in [2.05, 4.69) is 44.6 Å². The molecule has 0 aliphatic rings. The number of carbonyl (C=O) groups excluding carboxylic acids is 1. The zero-order chi connectivity index (χ0) is 10.7. The molecule has 0 bridgehead atoms. The van der Waals surface area contributed by atoms with Gasteiger partial charge in [-0.05, 0) is 47.2 Å². The molecule has 0 aliphatic carbocycles. The van der Waals surface area contributed by atoms with Crippen LogP contribution in [0.15, 0.2) is 12.1 Å². The molecule has 0 atom stereocenters. The maximum absolute atomic E-state index is 11.4. The normalized spacial score (nSPS) is 9.57. The Morgan fingerprint density at radius 1 is 1.64 bits per heavy atom. The van der Waals surface area contributed by atoms with Crippen molar-refractivity contribution in [2.75, 3.05) is 5.33 Å². The number of ketones is 1. The van der Waals surface area contributed by atoms with Crippen molar-refractivity contribution in [2.24, 2.45) is 0 Å². The predicted molar refractivity (Wildman–Crippen MR) is 66.7 cm³/mol.